The molecule has 0 saturated heterocycles. The van der Waals surface area contributed by atoms with Gasteiger partial charge in [-0.25, -0.2) is 0 Å². The summed E-state index contributed by atoms with van der Waals surface area (Å²) in [6.07, 6.45) is 3.87. The van der Waals surface area contributed by atoms with Crippen LogP contribution in [0.5, 0.6) is 0 Å². The minimum Gasteiger partial charge on any atom is -0.394 e. The molecule has 0 saturated carbocycles. The van der Waals surface area contributed by atoms with Gasteiger partial charge in [-0.05, 0) is 12.5 Å². The Morgan fingerprint density at radius 2 is 2.22 bits per heavy atom. The van der Waals surface area contributed by atoms with Crippen molar-refractivity contribution in [1.82, 2.24) is 4.90 Å². The first-order valence-corrected chi connectivity index (χ1v) is 5.48. The summed E-state index contributed by atoms with van der Waals surface area (Å²) in [5.41, 5.74) is -0.188. The predicted molar refractivity (Wildman–Crippen MR) is 63.9 cm³/mol. The number of nitrogens with zero attached hydrogens (tertiary/aromatic N) is 2. The molecule has 1 aromatic rings. The van der Waals surface area contributed by atoms with Crippen LogP contribution in [0.25, 0.3) is 0 Å². The van der Waals surface area contributed by atoms with Crippen LogP contribution < -0.4 is 0 Å². The SMILES string of the molecule is O=C(c1ccccc1[N+](=O)[O-])N1C=CCC1CO. The standard InChI is InChI=1S/C12H12N2O4/c15-8-9-4-3-7-13(9)12(16)10-5-1-2-6-11(10)14(17)18/h1-3,5-7,9,15H,4,8H2. The van der Waals surface area contributed by atoms with Gasteiger partial charge in [0.1, 0.15) is 5.56 Å². The molecule has 94 valence electrons. The van der Waals surface area contributed by atoms with Crippen LogP contribution in [0.4, 0.5) is 5.69 Å². The highest BCUT2D eigenvalue weighted by molar-refractivity contribution is 5.99. The molecule has 1 aromatic carbocycles. The largest absolute Gasteiger partial charge is 0.394 e. The smallest absolute Gasteiger partial charge is 0.282 e. The topological polar surface area (TPSA) is 83.7 Å². The van der Waals surface area contributed by atoms with E-state index in [9.17, 15) is 14.9 Å². The fourth-order valence-electron chi connectivity index (χ4n) is 1.92. The summed E-state index contributed by atoms with van der Waals surface area (Å²) in [5.74, 6) is -0.463. The van der Waals surface area contributed by atoms with Crippen LogP contribution in [0.1, 0.15) is 16.8 Å². The molecule has 1 atom stereocenters. The molecular weight excluding hydrogens is 236 g/mol. The van der Waals surface area contributed by atoms with Gasteiger partial charge in [0.25, 0.3) is 11.6 Å². The lowest BCUT2D eigenvalue weighted by molar-refractivity contribution is -0.385. The quantitative estimate of drug-likeness (QED) is 0.645. The normalized spacial score (nSPS) is 18.1. The van der Waals surface area contributed by atoms with Gasteiger partial charge in [0, 0.05) is 12.3 Å². The van der Waals surface area contributed by atoms with Gasteiger partial charge in [-0.15, -0.1) is 0 Å². The summed E-state index contributed by atoms with van der Waals surface area (Å²) in [6, 6.07) is 5.46. The van der Waals surface area contributed by atoms with E-state index in [0.717, 1.165) is 0 Å². The van der Waals surface area contributed by atoms with E-state index in [1.165, 1.54) is 23.1 Å². The molecule has 18 heavy (non-hydrogen) atoms. The van der Waals surface area contributed by atoms with E-state index in [1.807, 2.05) is 0 Å². The van der Waals surface area contributed by atoms with Crippen molar-refractivity contribution >= 4 is 11.6 Å². The third-order valence-electron chi connectivity index (χ3n) is 2.84. The predicted octanol–water partition coefficient (Wildman–Crippen LogP) is 1.32. The van der Waals surface area contributed by atoms with Gasteiger partial charge in [0.2, 0.25) is 0 Å². The molecule has 0 bridgehead atoms. The number of para-hydroxylation sites is 1. The fraction of sp³-hybridized carbons (Fsp3) is 0.250. The Hall–Kier alpha value is -2.21. The molecule has 1 aliphatic heterocycles. The summed E-state index contributed by atoms with van der Waals surface area (Å²) in [7, 11) is 0. The van der Waals surface area contributed by atoms with E-state index in [0.29, 0.717) is 6.42 Å². The maximum Gasteiger partial charge on any atom is 0.282 e. The van der Waals surface area contributed by atoms with Crippen molar-refractivity contribution in [2.24, 2.45) is 0 Å². The Labute approximate surface area is 103 Å². The average Bonchev–Trinajstić information content (AvgIpc) is 2.86. The fourth-order valence-corrected chi connectivity index (χ4v) is 1.92. The number of nitro groups is 1. The van der Waals surface area contributed by atoms with Gasteiger partial charge in [0.15, 0.2) is 0 Å². The van der Waals surface area contributed by atoms with E-state index in [2.05, 4.69) is 0 Å². The van der Waals surface area contributed by atoms with Crippen molar-refractivity contribution in [3.63, 3.8) is 0 Å². The van der Waals surface area contributed by atoms with E-state index < -0.39 is 10.8 Å². The van der Waals surface area contributed by atoms with Crippen LogP contribution in [-0.2, 0) is 0 Å². The van der Waals surface area contributed by atoms with Gasteiger partial charge in [-0.1, -0.05) is 18.2 Å². The highest BCUT2D eigenvalue weighted by Gasteiger charge is 2.29. The van der Waals surface area contributed by atoms with Crippen molar-refractivity contribution < 1.29 is 14.8 Å². The van der Waals surface area contributed by atoms with Crippen molar-refractivity contribution in [3.8, 4) is 0 Å². The first-order chi connectivity index (χ1) is 8.65. The lowest BCUT2D eigenvalue weighted by Crippen LogP contribution is -2.35. The summed E-state index contributed by atoms with van der Waals surface area (Å²) in [6.45, 7) is -0.167. The Morgan fingerprint density at radius 3 is 2.89 bits per heavy atom. The lowest BCUT2D eigenvalue weighted by Gasteiger charge is -2.21. The molecular formula is C12H12N2O4. The molecule has 1 unspecified atom stereocenters. The van der Waals surface area contributed by atoms with E-state index in [1.54, 1.807) is 18.3 Å². The monoisotopic (exact) mass is 248 g/mol. The molecule has 1 N–H and O–H groups in total. The number of hydrogen-bond donors (Lipinski definition) is 1. The Balaban J connectivity index is 2.34. The van der Waals surface area contributed by atoms with E-state index in [4.69, 9.17) is 5.11 Å². The minimum absolute atomic E-state index is 0.0347. The van der Waals surface area contributed by atoms with Crippen LogP contribution in [0.2, 0.25) is 0 Å². The van der Waals surface area contributed by atoms with Gasteiger partial charge in [0.05, 0.1) is 17.6 Å². The number of hydrogen-bond acceptors (Lipinski definition) is 4. The molecule has 6 heteroatoms. The van der Waals surface area contributed by atoms with E-state index in [-0.39, 0.29) is 23.9 Å². The lowest BCUT2D eigenvalue weighted by atomic mass is 10.1. The number of benzene rings is 1. The van der Waals surface area contributed by atoms with Crippen LogP contribution in [0.15, 0.2) is 36.5 Å². The number of aliphatic hydroxyl groups excluding tert-OH is 1. The number of aliphatic hydroxyl groups is 1. The van der Waals surface area contributed by atoms with Crippen molar-refractivity contribution in [2.75, 3.05) is 6.61 Å². The molecule has 1 aliphatic rings. The summed E-state index contributed by atoms with van der Waals surface area (Å²) in [5, 5.41) is 20.0. The molecule has 0 aliphatic carbocycles. The summed E-state index contributed by atoms with van der Waals surface area (Å²) >= 11 is 0. The second kappa shape index (κ2) is 4.97. The Bertz CT molecular complexity index is 513. The average molecular weight is 248 g/mol. The number of rotatable bonds is 3. The Morgan fingerprint density at radius 1 is 1.50 bits per heavy atom. The van der Waals surface area contributed by atoms with Crippen LogP contribution in [0, 0.1) is 10.1 Å². The van der Waals surface area contributed by atoms with E-state index >= 15 is 0 Å². The van der Waals surface area contributed by atoms with Gasteiger partial charge >= 0.3 is 0 Å². The van der Waals surface area contributed by atoms with Gasteiger partial charge in [-0.2, -0.15) is 0 Å². The van der Waals surface area contributed by atoms with Gasteiger partial charge < -0.3 is 10.0 Å². The molecule has 0 fully saturated rings. The zero-order valence-corrected chi connectivity index (χ0v) is 9.52. The summed E-state index contributed by atoms with van der Waals surface area (Å²) in [4.78, 5) is 23.8. The first kappa shape index (κ1) is 12.3. The highest BCUT2D eigenvalue weighted by atomic mass is 16.6. The number of carbonyl (C=O) groups excluding carboxylic acids is 1. The first-order valence-electron chi connectivity index (χ1n) is 5.48. The zero-order valence-electron chi connectivity index (χ0n) is 9.52. The Kier molecular flexibility index (Phi) is 3.38. The molecule has 6 nitrogen and oxygen atoms in total. The van der Waals surface area contributed by atoms with Crippen LogP contribution >= 0.6 is 0 Å². The second-order valence-corrected chi connectivity index (χ2v) is 3.94. The molecule has 0 aromatic heterocycles. The zero-order chi connectivity index (χ0) is 13.1. The second-order valence-electron chi connectivity index (χ2n) is 3.94. The molecule has 1 heterocycles. The van der Waals surface area contributed by atoms with Crippen molar-refractivity contribution in [3.05, 3.63) is 52.2 Å². The number of amides is 1. The van der Waals surface area contributed by atoms with Crippen LogP contribution in [0.3, 0.4) is 0 Å². The highest BCUT2D eigenvalue weighted by Crippen LogP contribution is 2.23. The molecule has 0 radical (unpaired) electrons. The maximum atomic E-state index is 12.2. The molecule has 2 rings (SSSR count). The van der Waals surface area contributed by atoms with Crippen LogP contribution in [-0.4, -0.2) is 33.5 Å². The number of nitro benzene ring substituents is 1. The molecule has 1 amide bonds. The van der Waals surface area contributed by atoms with Gasteiger partial charge in [-0.3, -0.25) is 14.9 Å². The minimum atomic E-state index is -0.582. The van der Waals surface area contributed by atoms with Crippen molar-refractivity contribution in [1.29, 1.82) is 0 Å². The third kappa shape index (κ3) is 2.10. The maximum absolute atomic E-state index is 12.2. The summed E-state index contributed by atoms with van der Waals surface area (Å²) < 4.78 is 0. The van der Waals surface area contributed by atoms with Crippen molar-refractivity contribution in [2.45, 2.75) is 12.5 Å². The third-order valence-corrected chi connectivity index (χ3v) is 2.84. The number of carbonyl (C=O) groups is 1. The molecule has 0 spiro atoms.